The van der Waals surface area contributed by atoms with Gasteiger partial charge in [-0.3, -0.25) is 0 Å². The van der Waals surface area contributed by atoms with Gasteiger partial charge in [0.2, 0.25) is 0 Å². The predicted molar refractivity (Wildman–Crippen MR) is 75.9 cm³/mol. The van der Waals surface area contributed by atoms with Gasteiger partial charge >= 0.3 is 0 Å². The quantitative estimate of drug-likeness (QED) is 0.750. The van der Waals surface area contributed by atoms with Crippen molar-refractivity contribution in [3.63, 3.8) is 0 Å². The third-order valence-electron chi connectivity index (χ3n) is 2.53. The molecule has 2 rings (SSSR count). The molecule has 0 aliphatic heterocycles. The SMILES string of the molecule is COc1cc(I)ccc1-c1ccc(C)cc1. The Morgan fingerprint density at radius 1 is 1.00 bits per heavy atom. The summed E-state index contributed by atoms with van der Waals surface area (Å²) >= 11 is 2.29. The summed E-state index contributed by atoms with van der Waals surface area (Å²) in [6.07, 6.45) is 0. The number of benzene rings is 2. The van der Waals surface area contributed by atoms with Crippen molar-refractivity contribution in [2.45, 2.75) is 6.92 Å². The van der Waals surface area contributed by atoms with E-state index in [9.17, 15) is 0 Å². The second-order valence-corrected chi connectivity index (χ2v) is 4.96. The first kappa shape index (κ1) is 11.5. The molecule has 82 valence electrons. The van der Waals surface area contributed by atoms with E-state index >= 15 is 0 Å². The standard InChI is InChI=1S/C14H13IO/c1-10-3-5-11(6-4-10)13-8-7-12(15)9-14(13)16-2/h3-9H,1-2H3. The fourth-order valence-electron chi connectivity index (χ4n) is 1.64. The molecule has 0 aliphatic carbocycles. The Balaban J connectivity index is 2.51. The molecule has 16 heavy (non-hydrogen) atoms. The first-order chi connectivity index (χ1) is 7.70. The van der Waals surface area contributed by atoms with Crippen LogP contribution < -0.4 is 4.74 Å². The minimum atomic E-state index is 0.927. The summed E-state index contributed by atoms with van der Waals surface area (Å²) in [5.74, 6) is 0.927. The molecule has 0 atom stereocenters. The van der Waals surface area contributed by atoms with Gasteiger partial charge in [-0.2, -0.15) is 0 Å². The van der Waals surface area contributed by atoms with E-state index in [2.05, 4.69) is 72.0 Å². The van der Waals surface area contributed by atoms with Gasteiger partial charge in [-0.15, -0.1) is 0 Å². The van der Waals surface area contributed by atoms with E-state index in [1.807, 2.05) is 0 Å². The Kier molecular flexibility index (Phi) is 3.49. The molecule has 0 saturated heterocycles. The van der Waals surface area contributed by atoms with Gasteiger partial charge in [0.1, 0.15) is 5.75 Å². The Labute approximate surface area is 110 Å². The van der Waals surface area contributed by atoms with Crippen LogP contribution in [-0.2, 0) is 0 Å². The topological polar surface area (TPSA) is 9.23 Å². The third kappa shape index (κ3) is 2.38. The highest BCUT2D eigenvalue weighted by molar-refractivity contribution is 14.1. The second-order valence-electron chi connectivity index (χ2n) is 3.71. The van der Waals surface area contributed by atoms with E-state index in [0.29, 0.717) is 0 Å². The number of methoxy groups -OCH3 is 1. The molecule has 0 heterocycles. The highest BCUT2D eigenvalue weighted by Crippen LogP contribution is 2.31. The van der Waals surface area contributed by atoms with Crippen LogP contribution in [0.4, 0.5) is 0 Å². The van der Waals surface area contributed by atoms with Gasteiger partial charge in [0.25, 0.3) is 0 Å². The molecule has 2 aromatic carbocycles. The van der Waals surface area contributed by atoms with Crippen LogP contribution in [0, 0.1) is 10.5 Å². The molecule has 2 aromatic rings. The maximum atomic E-state index is 5.41. The van der Waals surface area contributed by atoms with Gasteiger partial charge in [0.05, 0.1) is 7.11 Å². The number of ether oxygens (including phenoxy) is 1. The molecular weight excluding hydrogens is 311 g/mol. The minimum Gasteiger partial charge on any atom is -0.496 e. The first-order valence-electron chi connectivity index (χ1n) is 5.11. The van der Waals surface area contributed by atoms with Crippen LogP contribution in [0.15, 0.2) is 42.5 Å². The van der Waals surface area contributed by atoms with Crippen LogP contribution in [0.2, 0.25) is 0 Å². The van der Waals surface area contributed by atoms with Crippen LogP contribution in [0.5, 0.6) is 5.75 Å². The monoisotopic (exact) mass is 324 g/mol. The summed E-state index contributed by atoms with van der Waals surface area (Å²) in [5, 5.41) is 0. The van der Waals surface area contributed by atoms with Crippen molar-refractivity contribution < 1.29 is 4.74 Å². The lowest BCUT2D eigenvalue weighted by atomic mass is 10.0. The Bertz CT molecular complexity index is 489. The van der Waals surface area contributed by atoms with Gasteiger partial charge in [-0.25, -0.2) is 0 Å². The lowest BCUT2D eigenvalue weighted by molar-refractivity contribution is 0.416. The van der Waals surface area contributed by atoms with Crippen molar-refractivity contribution in [3.05, 3.63) is 51.6 Å². The largest absolute Gasteiger partial charge is 0.496 e. The molecule has 0 aliphatic rings. The van der Waals surface area contributed by atoms with E-state index in [1.165, 1.54) is 14.7 Å². The van der Waals surface area contributed by atoms with Crippen LogP contribution in [-0.4, -0.2) is 7.11 Å². The van der Waals surface area contributed by atoms with E-state index in [4.69, 9.17) is 4.74 Å². The van der Waals surface area contributed by atoms with E-state index < -0.39 is 0 Å². The second kappa shape index (κ2) is 4.87. The molecule has 0 spiro atoms. The molecule has 0 amide bonds. The van der Waals surface area contributed by atoms with Gasteiger partial charge in [0.15, 0.2) is 0 Å². The Hall–Kier alpha value is -1.03. The highest BCUT2D eigenvalue weighted by atomic mass is 127. The van der Waals surface area contributed by atoms with Gasteiger partial charge < -0.3 is 4.74 Å². The summed E-state index contributed by atoms with van der Waals surface area (Å²) < 4.78 is 6.59. The summed E-state index contributed by atoms with van der Waals surface area (Å²) in [4.78, 5) is 0. The molecule has 0 fully saturated rings. The van der Waals surface area contributed by atoms with Crippen molar-refractivity contribution >= 4 is 22.6 Å². The zero-order valence-electron chi connectivity index (χ0n) is 9.33. The third-order valence-corrected chi connectivity index (χ3v) is 3.20. The van der Waals surface area contributed by atoms with E-state index in [-0.39, 0.29) is 0 Å². The summed E-state index contributed by atoms with van der Waals surface area (Å²) in [6, 6.07) is 14.7. The molecule has 0 unspecified atom stereocenters. The predicted octanol–water partition coefficient (Wildman–Crippen LogP) is 4.28. The molecule has 1 nitrogen and oxygen atoms in total. The highest BCUT2D eigenvalue weighted by Gasteiger charge is 2.05. The number of rotatable bonds is 2. The lowest BCUT2D eigenvalue weighted by Crippen LogP contribution is -1.88. The Morgan fingerprint density at radius 2 is 1.69 bits per heavy atom. The summed E-state index contributed by atoms with van der Waals surface area (Å²) in [7, 11) is 1.71. The lowest BCUT2D eigenvalue weighted by Gasteiger charge is -2.09. The first-order valence-corrected chi connectivity index (χ1v) is 6.19. The summed E-state index contributed by atoms with van der Waals surface area (Å²) in [5.41, 5.74) is 3.61. The van der Waals surface area contributed by atoms with Crippen molar-refractivity contribution in [1.82, 2.24) is 0 Å². The normalized spacial score (nSPS) is 10.2. The fraction of sp³-hybridized carbons (Fsp3) is 0.143. The number of halogens is 1. The smallest absolute Gasteiger partial charge is 0.127 e. The molecule has 0 radical (unpaired) electrons. The van der Waals surface area contributed by atoms with Crippen LogP contribution in [0.25, 0.3) is 11.1 Å². The molecule has 0 saturated carbocycles. The molecular formula is C14H13IO. The van der Waals surface area contributed by atoms with Gasteiger partial charge in [-0.05, 0) is 53.3 Å². The van der Waals surface area contributed by atoms with E-state index in [1.54, 1.807) is 7.11 Å². The average Bonchev–Trinajstić information content (AvgIpc) is 2.30. The summed E-state index contributed by atoms with van der Waals surface area (Å²) in [6.45, 7) is 2.09. The van der Waals surface area contributed by atoms with Crippen LogP contribution in [0.1, 0.15) is 5.56 Å². The molecule has 2 heteroatoms. The van der Waals surface area contributed by atoms with Crippen molar-refractivity contribution in [2.75, 3.05) is 7.11 Å². The van der Waals surface area contributed by atoms with Crippen molar-refractivity contribution in [2.24, 2.45) is 0 Å². The zero-order valence-corrected chi connectivity index (χ0v) is 11.5. The zero-order chi connectivity index (χ0) is 11.5. The fourth-order valence-corrected chi connectivity index (χ4v) is 2.10. The van der Waals surface area contributed by atoms with Gasteiger partial charge in [0, 0.05) is 9.13 Å². The number of hydrogen-bond acceptors (Lipinski definition) is 1. The maximum absolute atomic E-state index is 5.41. The van der Waals surface area contributed by atoms with Crippen molar-refractivity contribution in [3.8, 4) is 16.9 Å². The molecule has 0 aromatic heterocycles. The molecule has 0 bridgehead atoms. The van der Waals surface area contributed by atoms with Gasteiger partial charge in [-0.1, -0.05) is 29.8 Å². The average molecular weight is 324 g/mol. The minimum absolute atomic E-state index is 0.927. The van der Waals surface area contributed by atoms with Crippen LogP contribution in [0.3, 0.4) is 0 Å². The Morgan fingerprint density at radius 3 is 2.31 bits per heavy atom. The molecule has 0 N–H and O–H groups in total. The van der Waals surface area contributed by atoms with Crippen molar-refractivity contribution in [1.29, 1.82) is 0 Å². The maximum Gasteiger partial charge on any atom is 0.127 e. The van der Waals surface area contributed by atoms with Crippen LogP contribution >= 0.6 is 22.6 Å². The number of hydrogen-bond donors (Lipinski definition) is 0. The number of aryl methyl sites for hydroxylation is 1. The van der Waals surface area contributed by atoms with E-state index in [0.717, 1.165) is 11.3 Å².